The summed E-state index contributed by atoms with van der Waals surface area (Å²) in [5, 5.41) is 24.4. The predicted octanol–water partition coefficient (Wildman–Crippen LogP) is 7.99. The molecular weight excluding hydrogens is 673 g/mol. The van der Waals surface area contributed by atoms with Crippen molar-refractivity contribution in [2.24, 2.45) is 0 Å². The summed E-state index contributed by atoms with van der Waals surface area (Å²) >= 11 is 0. The summed E-state index contributed by atoms with van der Waals surface area (Å²) in [7, 11) is 11.4. The quantitative estimate of drug-likeness (QED) is 0.0366. The lowest BCUT2D eigenvalue weighted by Crippen LogP contribution is -2.41. The Morgan fingerprint density at radius 1 is 0.460 bits per heavy atom. The van der Waals surface area contributed by atoms with Gasteiger partial charge in [0, 0.05) is 24.3 Å². The Morgan fingerprint density at radius 3 is 0.980 bits per heavy atom. The molecule has 0 aliphatic rings. The van der Waals surface area contributed by atoms with Crippen LogP contribution in [0.3, 0.4) is 0 Å². The van der Waals surface area contributed by atoms with E-state index in [1.807, 2.05) is 0 Å². The lowest BCUT2D eigenvalue weighted by Gasteiger charge is -2.15. The second kappa shape index (κ2) is 34.6. The van der Waals surface area contributed by atoms with Crippen LogP contribution in [0.2, 0.25) is 0 Å². The molecule has 0 saturated heterocycles. The van der Waals surface area contributed by atoms with E-state index in [0.29, 0.717) is 37.2 Å². The number of aliphatic carboxylic acids is 2. The highest BCUT2D eigenvalue weighted by atomic mass is 33.1. The Labute approximate surface area is 313 Å². The number of rotatable bonds is 37. The first kappa shape index (κ1) is 48.5. The fourth-order valence-corrected chi connectivity index (χ4v) is 7.94. The smallest absolute Gasteiger partial charge is 0.326 e. The molecule has 4 N–H and O–H groups in total. The number of amides is 2. The Hall–Kier alpha value is -1.50. The summed E-state index contributed by atoms with van der Waals surface area (Å²) < 4.78 is 0. The summed E-state index contributed by atoms with van der Waals surface area (Å²) in [5.74, 6) is -1.49. The molecule has 0 rings (SSSR count). The fraction of sp³-hybridized carbons (Fsp3) is 0.895. The molecule has 0 fully saturated rings. The van der Waals surface area contributed by atoms with Gasteiger partial charge in [0.2, 0.25) is 11.8 Å². The van der Waals surface area contributed by atoms with Gasteiger partial charge in [-0.3, -0.25) is 9.59 Å². The van der Waals surface area contributed by atoms with E-state index in [4.69, 9.17) is 0 Å². The maximum absolute atomic E-state index is 12.3. The van der Waals surface area contributed by atoms with E-state index in [1.54, 1.807) is 0 Å². The second-order valence-corrected chi connectivity index (χ2v) is 17.0. The first-order chi connectivity index (χ1) is 24.0. The van der Waals surface area contributed by atoms with Gasteiger partial charge < -0.3 is 30.6 Å². The number of hydrogen-bond acceptors (Lipinski definition) is 8. The number of nitrogens with one attached hydrogen (secondary N) is 2. The largest absolute Gasteiger partial charge is 0.480 e. The van der Waals surface area contributed by atoms with Gasteiger partial charge in [-0.1, -0.05) is 124 Å². The number of carboxylic acids is 2. The second-order valence-electron chi connectivity index (χ2n) is 14.3. The summed E-state index contributed by atoms with van der Waals surface area (Å²) in [5.41, 5.74) is 0. The lowest BCUT2D eigenvalue weighted by atomic mass is 10.1. The lowest BCUT2D eigenvalue weighted by molar-refractivity contribution is -0.142. The number of nitrogens with zero attached hydrogens (tertiary/aromatic N) is 2. The Kier molecular flexibility index (Phi) is 33.5. The normalized spacial score (nSPS) is 12.7. The molecule has 0 radical (unpaired) electrons. The molecule has 0 saturated carbocycles. The third kappa shape index (κ3) is 33.6. The van der Waals surface area contributed by atoms with E-state index >= 15 is 0 Å². The Balaban J connectivity index is 3.89. The molecule has 10 nitrogen and oxygen atoms in total. The molecule has 0 aromatic heterocycles. The fourth-order valence-electron chi connectivity index (χ4n) is 5.75. The van der Waals surface area contributed by atoms with Crippen molar-refractivity contribution in [1.29, 1.82) is 0 Å². The van der Waals surface area contributed by atoms with Gasteiger partial charge in [-0.05, 0) is 79.8 Å². The number of unbranched alkanes of at least 4 members (excludes halogenated alkanes) is 18. The van der Waals surface area contributed by atoms with Gasteiger partial charge >= 0.3 is 11.9 Å². The molecule has 0 aromatic carbocycles. The minimum Gasteiger partial charge on any atom is -0.480 e. The van der Waals surface area contributed by atoms with Crippen molar-refractivity contribution < 1.29 is 29.4 Å². The van der Waals surface area contributed by atoms with E-state index in [-0.39, 0.29) is 11.8 Å². The Morgan fingerprint density at radius 2 is 0.720 bits per heavy atom. The summed E-state index contributed by atoms with van der Waals surface area (Å²) in [4.78, 5) is 52.5. The standard InChI is InChI=1S/C38H74N4O6S2/c1-41(2)29-23-19-15-11-7-5-9-13-17-21-25-35(43)39-33(37(45)46)27-31-49-50-32-28-34(38(47)48)40-36(44)26-22-18-14-10-6-8-12-16-20-24-30-42(3)4/h33-34H,5-32H2,1-4H3,(H,39,43)(H,40,44)(H,45,46)(H,47,48). The monoisotopic (exact) mass is 747 g/mol. The van der Waals surface area contributed by atoms with Gasteiger partial charge in [0.1, 0.15) is 12.1 Å². The topological polar surface area (TPSA) is 139 Å². The maximum atomic E-state index is 12.3. The van der Waals surface area contributed by atoms with Gasteiger partial charge in [0.25, 0.3) is 0 Å². The molecule has 0 bridgehead atoms. The van der Waals surface area contributed by atoms with E-state index < -0.39 is 24.0 Å². The first-order valence-electron chi connectivity index (χ1n) is 19.6. The molecular formula is C38H74N4O6S2. The van der Waals surface area contributed by atoms with Gasteiger partial charge in [0.15, 0.2) is 0 Å². The van der Waals surface area contributed by atoms with Crippen molar-refractivity contribution in [2.75, 3.05) is 52.8 Å². The zero-order chi connectivity index (χ0) is 37.2. The minimum atomic E-state index is -1.04. The third-order valence-electron chi connectivity index (χ3n) is 8.85. The van der Waals surface area contributed by atoms with Crippen LogP contribution in [0, 0.1) is 0 Å². The number of hydrogen-bond donors (Lipinski definition) is 4. The van der Waals surface area contributed by atoms with Gasteiger partial charge in [-0.25, -0.2) is 9.59 Å². The van der Waals surface area contributed by atoms with E-state index in [0.717, 1.165) is 51.6 Å². The number of carboxylic acid groups (broad SMARTS) is 2. The van der Waals surface area contributed by atoms with Crippen molar-refractivity contribution in [2.45, 2.75) is 166 Å². The molecule has 0 aliphatic carbocycles. The molecule has 0 spiro atoms. The van der Waals surface area contributed by atoms with E-state index in [2.05, 4.69) is 48.6 Å². The van der Waals surface area contributed by atoms with Crippen LogP contribution in [0.15, 0.2) is 0 Å². The van der Waals surface area contributed by atoms with E-state index in [9.17, 15) is 29.4 Å². The Bertz CT molecular complexity index is 797. The molecule has 2 amide bonds. The van der Waals surface area contributed by atoms with Crippen LogP contribution in [0.5, 0.6) is 0 Å². The third-order valence-corrected chi connectivity index (χ3v) is 11.3. The van der Waals surface area contributed by atoms with Gasteiger partial charge in [-0.15, -0.1) is 0 Å². The number of carbonyl (C=O) groups is 4. The highest BCUT2D eigenvalue weighted by Gasteiger charge is 2.21. The summed E-state index contributed by atoms with van der Waals surface area (Å²) in [6.45, 7) is 2.33. The van der Waals surface area contributed by atoms with Crippen LogP contribution in [-0.2, 0) is 19.2 Å². The van der Waals surface area contributed by atoms with Crippen molar-refractivity contribution in [1.82, 2.24) is 20.4 Å². The van der Waals surface area contributed by atoms with Crippen LogP contribution < -0.4 is 10.6 Å². The van der Waals surface area contributed by atoms with Crippen molar-refractivity contribution in [3.63, 3.8) is 0 Å². The van der Waals surface area contributed by atoms with Crippen molar-refractivity contribution in [3.05, 3.63) is 0 Å². The van der Waals surface area contributed by atoms with Gasteiger partial charge in [-0.2, -0.15) is 0 Å². The molecule has 50 heavy (non-hydrogen) atoms. The van der Waals surface area contributed by atoms with E-state index in [1.165, 1.54) is 111 Å². The first-order valence-corrected chi connectivity index (χ1v) is 22.1. The maximum Gasteiger partial charge on any atom is 0.326 e. The molecule has 0 aromatic rings. The molecule has 294 valence electrons. The molecule has 12 heteroatoms. The van der Waals surface area contributed by atoms with Crippen LogP contribution in [0.1, 0.15) is 154 Å². The predicted molar refractivity (Wildman–Crippen MR) is 212 cm³/mol. The summed E-state index contributed by atoms with van der Waals surface area (Å²) in [6.07, 6.45) is 24.7. The molecule has 2 atom stereocenters. The zero-order valence-corrected chi connectivity index (χ0v) is 33.8. The zero-order valence-electron chi connectivity index (χ0n) is 32.2. The van der Waals surface area contributed by atoms with Crippen LogP contribution >= 0.6 is 21.6 Å². The van der Waals surface area contributed by atoms with Crippen LogP contribution in [0.4, 0.5) is 0 Å². The highest BCUT2D eigenvalue weighted by molar-refractivity contribution is 8.76. The van der Waals surface area contributed by atoms with Crippen molar-refractivity contribution in [3.8, 4) is 0 Å². The molecule has 2 unspecified atom stereocenters. The van der Waals surface area contributed by atoms with Gasteiger partial charge in [0.05, 0.1) is 0 Å². The average Bonchev–Trinajstić information content (AvgIpc) is 3.05. The minimum absolute atomic E-state index is 0.218. The van der Waals surface area contributed by atoms with Crippen molar-refractivity contribution >= 4 is 45.3 Å². The average molecular weight is 747 g/mol. The highest BCUT2D eigenvalue weighted by Crippen LogP contribution is 2.24. The number of carbonyl (C=O) groups excluding carboxylic acids is 2. The summed E-state index contributed by atoms with van der Waals surface area (Å²) in [6, 6.07) is -1.86. The van der Waals surface area contributed by atoms with Crippen LogP contribution in [-0.4, -0.2) is 109 Å². The molecule has 0 aliphatic heterocycles. The SMILES string of the molecule is CN(C)CCCCCCCCCCCCC(=O)NC(CCSSCCC(NC(=O)CCCCCCCCCCCCN(C)C)C(=O)O)C(=O)O. The van der Waals surface area contributed by atoms with Crippen LogP contribution in [0.25, 0.3) is 0 Å². The molecule has 0 heterocycles.